The van der Waals surface area contributed by atoms with Crippen molar-refractivity contribution in [1.29, 1.82) is 0 Å². The van der Waals surface area contributed by atoms with Crippen LogP contribution in [0.1, 0.15) is 12.8 Å². The Morgan fingerprint density at radius 2 is 2.25 bits per heavy atom. The van der Waals surface area contributed by atoms with E-state index in [2.05, 4.69) is 0 Å². The topological polar surface area (TPSA) is 49.8 Å². The van der Waals surface area contributed by atoms with E-state index < -0.39 is 0 Å². The third-order valence-corrected chi connectivity index (χ3v) is 2.33. The predicted octanol–water partition coefficient (Wildman–Crippen LogP) is 1.78. The molecule has 1 amide bonds. The predicted molar refractivity (Wildman–Crippen MR) is 62.6 cm³/mol. The van der Waals surface area contributed by atoms with Crippen LogP contribution >= 0.6 is 0 Å². The number of hydrogen-bond acceptors (Lipinski definition) is 3. The Kier molecular flexibility index (Phi) is 4.79. The maximum absolute atomic E-state index is 11.7. The Balaban J connectivity index is 2.56. The Morgan fingerprint density at radius 1 is 1.50 bits per heavy atom. The molecule has 88 valence electrons. The van der Waals surface area contributed by atoms with Crippen molar-refractivity contribution in [2.75, 3.05) is 25.7 Å². The summed E-state index contributed by atoms with van der Waals surface area (Å²) in [5, 5.41) is 9.30. The monoisotopic (exact) mass is 223 g/mol. The van der Waals surface area contributed by atoms with Gasteiger partial charge in [-0.15, -0.1) is 0 Å². The van der Waals surface area contributed by atoms with Gasteiger partial charge in [0.2, 0.25) is 5.91 Å². The molecule has 1 N–H and O–H groups in total. The van der Waals surface area contributed by atoms with Crippen molar-refractivity contribution in [2.45, 2.75) is 12.8 Å². The number of benzene rings is 1. The smallest absolute Gasteiger partial charge is 0.226 e. The highest BCUT2D eigenvalue weighted by Crippen LogP contribution is 2.19. The molecule has 1 aromatic rings. The molecule has 0 radical (unpaired) electrons. The summed E-state index contributed by atoms with van der Waals surface area (Å²) in [5.74, 6) is 0.177. The summed E-state index contributed by atoms with van der Waals surface area (Å²) in [6.45, 7) is 0.583. The van der Waals surface area contributed by atoms with E-state index in [0.717, 1.165) is 0 Å². The van der Waals surface area contributed by atoms with Crippen LogP contribution in [0.25, 0.3) is 0 Å². The number of methoxy groups -OCH3 is 1. The van der Waals surface area contributed by atoms with Crippen LogP contribution < -0.4 is 4.90 Å². The number of nitrogens with zero attached hydrogens (tertiary/aromatic N) is 1. The molecular formula is C12H17NO3. The second-order valence-electron chi connectivity index (χ2n) is 3.57. The molecule has 0 heterocycles. The second kappa shape index (κ2) is 6.12. The van der Waals surface area contributed by atoms with Crippen LogP contribution in [0.2, 0.25) is 0 Å². The fourth-order valence-electron chi connectivity index (χ4n) is 1.38. The molecule has 1 rings (SSSR count). The van der Waals surface area contributed by atoms with Crippen molar-refractivity contribution in [2.24, 2.45) is 0 Å². The van der Waals surface area contributed by atoms with E-state index in [4.69, 9.17) is 4.74 Å². The largest absolute Gasteiger partial charge is 0.508 e. The van der Waals surface area contributed by atoms with Gasteiger partial charge in [0.05, 0.1) is 0 Å². The highest BCUT2D eigenvalue weighted by Gasteiger charge is 2.10. The fraction of sp³-hybridized carbons (Fsp3) is 0.417. The van der Waals surface area contributed by atoms with Gasteiger partial charge in [0.25, 0.3) is 0 Å². The molecule has 4 nitrogen and oxygen atoms in total. The van der Waals surface area contributed by atoms with Gasteiger partial charge in [-0.3, -0.25) is 4.79 Å². The molecule has 0 aliphatic carbocycles. The van der Waals surface area contributed by atoms with Crippen molar-refractivity contribution in [1.82, 2.24) is 0 Å². The standard InChI is InChI=1S/C12H17NO3/c1-13(12(15)7-4-8-16-2)10-5-3-6-11(14)9-10/h3,5-6,9,14H,4,7-8H2,1-2H3. The number of carbonyl (C=O) groups excluding carboxylic acids is 1. The third kappa shape index (κ3) is 3.55. The summed E-state index contributed by atoms with van der Waals surface area (Å²) in [6, 6.07) is 6.64. The average Bonchev–Trinajstić information content (AvgIpc) is 2.28. The third-order valence-electron chi connectivity index (χ3n) is 2.33. The number of ether oxygens (including phenoxy) is 1. The highest BCUT2D eigenvalue weighted by atomic mass is 16.5. The van der Waals surface area contributed by atoms with E-state index in [9.17, 15) is 9.90 Å². The van der Waals surface area contributed by atoms with E-state index >= 15 is 0 Å². The molecule has 0 fully saturated rings. The van der Waals surface area contributed by atoms with Crippen LogP contribution in [0.15, 0.2) is 24.3 Å². The van der Waals surface area contributed by atoms with Gasteiger partial charge in [-0.1, -0.05) is 6.07 Å². The quantitative estimate of drug-likeness (QED) is 0.774. The Hall–Kier alpha value is -1.55. The molecule has 4 heteroatoms. The number of aromatic hydroxyl groups is 1. The molecular weight excluding hydrogens is 206 g/mol. The number of carbonyl (C=O) groups is 1. The average molecular weight is 223 g/mol. The van der Waals surface area contributed by atoms with Crippen molar-refractivity contribution in [3.63, 3.8) is 0 Å². The van der Waals surface area contributed by atoms with Crippen LogP contribution in [-0.2, 0) is 9.53 Å². The molecule has 0 aliphatic heterocycles. The van der Waals surface area contributed by atoms with E-state index in [1.165, 1.54) is 4.90 Å². The molecule has 16 heavy (non-hydrogen) atoms. The van der Waals surface area contributed by atoms with Crippen molar-refractivity contribution in [3.8, 4) is 5.75 Å². The first kappa shape index (κ1) is 12.5. The lowest BCUT2D eigenvalue weighted by Gasteiger charge is -2.17. The summed E-state index contributed by atoms with van der Waals surface area (Å²) in [6.07, 6.45) is 1.15. The van der Waals surface area contributed by atoms with E-state index in [1.54, 1.807) is 38.4 Å². The molecule has 0 aliphatic rings. The summed E-state index contributed by atoms with van der Waals surface area (Å²) in [4.78, 5) is 13.3. The fourth-order valence-corrected chi connectivity index (χ4v) is 1.38. The van der Waals surface area contributed by atoms with Crippen molar-refractivity contribution in [3.05, 3.63) is 24.3 Å². The molecule has 1 aromatic carbocycles. The van der Waals surface area contributed by atoms with Gasteiger partial charge in [0, 0.05) is 38.9 Å². The summed E-state index contributed by atoms with van der Waals surface area (Å²) in [7, 11) is 3.31. The number of amides is 1. The maximum atomic E-state index is 11.7. The Labute approximate surface area is 95.5 Å². The number of rotatable bonds is 5. The zero-order chi connectivity index (χ0) is 12.0. The van der Waals surface area contributed by atoms with Crippen LogP contribution in [0.3, 0.4) is 0 Å². The molecule has 0 saturated heterocycles. The van der Waals surface area contributed by atoms with Crippen molar-refractivity contribution < 1.29 is 14.6 Å². The number of hydrogen-bond donors (Lipinski definition) is 1. The zero-order valence-corrected chi connectivity index (χ0v) is 9.64. The zero-order valence-electron chi connectivity index (χ0n) is 9.64. The van der Waals surface area contributed by atoms with Crippen LogP contribution in [0, 0.1) is 0 Å². The Bertz CT molecular complexity index is 352. The molecule has 0 bridgehead atoms. The number of phenols is 1. The van der Waals surface area contributed by atoms with Gasteiger partial charge in [0.15, 0.2) is 0 Å². The Morgan fingerprint density at radius 3 is 2.88 bits per heavy atom. The van der Waals surface area contributed by atoms with Gasteiger partial charge in [-0.25, -0.2) is 0 Å². The van der Waals surface area contributed by atoms with Gasteiger partial charge in [0.1, 0.15) is 5.75 Å². The second-order valence-corrected chi connectivity index (χ2v) is 3.57. The first-order chi connectivity index (χ1) is 7.65. The summed E-state index contributed by atoms with van der Waals surface area (Å²) >= 11 is 0. The lowest BCUT2D eigenvalue weighted by molar-refractivity contribution is -0.118. The van der Waals surface area contributed by atoms with Gasteiger partial charge in [-0.05, 0) is 18.6 Å². The number of phenolic OH excluding ortho intramolecular Hbond substituents is 1. The van der Waals surface area contributed by atoms with Gasteiger partial charge < -0.3 is 14.7 Å². The lowest BCUT2D eigenvalue weighted by atomic mass is 10.2. The first-order valence-electron chi connectivity index (χ1n) is 5.19. The van der Waals surface area contributed by atoms with Gasteiger partial charge in [-0.2, -0.15) is 0 Å². The maximum Gasteiger partial charge on any atom is 0.226 e. The summed E-state index contributed by atoms with van der Waals surface area (Å²) in [5.41, 5.74) is 0.697. The van der Waals surface area contributed by atoms with E-state index in [-0.39, 0.29) is 11.7 Å². The minimum absolute atomic E-state index is 0.0163. The van der Waals surface area contributed by atoms with Crippen LogP contribution in [-0.4, -0.2) is 31.8 Å². The SMILES string of the molecule is COCCCC(=O)N(C)c1cccc(O)c1. The van der Waals surface area contributed by atoms with Crippen LogP contribution in [0.5, 0.6) is 5.75 Å². The molecule has 0 spiro atoms. The number of anilines is 1. The molecule has 0 aromatic heterocycles. The minimum atomic E-state index is 0.0163. The molecule has 0 saturated carbocycles. The lowest BCUT2D eigenvalue weighted by Crippen LogP contribution is -2.26. The first-order valence-corrected chi connectivity index (χ1v) is 5.19. The van der Waals surface area contributed by atoms with E-state index in [0.29, 0.717) is 25.1 Å². The molecule has 0 unspecified atom stereocenters. The molecule has 0 atom stereocenters. The van der Waals surface area contributed by atoms with Crippen LogP contribution in [0.4, 0.5) is 5.69 Å². The normalized spacial score (nSPS) is 10.1. The van der Waals surface area contributed by atoms with E-state index in [1.807, 2.05) is 0 Å². The van der Waals surface area contributed by atoms with Crippen molar-refractivity contribution >= 4 is 11.6 Å². The summed E-state index contributed by atoms with van der Waals surface area (Å²) < 4.78 is 4.89. The van der Waals surface area contributed by atoms with Gasteiger partial charge >= 0.3 is 0 Å². The highest BCUT2D eigenvalue weighted by molar-refractivity contribution is 5.92. The minimum Gasteiger partial charge on any atom is -0.508 e.